The lowest BCUT2D eigenvalue weighted by molar-refractivity contribution is -0.0180. The number of ether oxygens (including phenoxy) is 1. The molecule has 0 aromatic heterocycles. The minimum atomic E-state index is -1.02. The van der Waals surface area contributed by atoms with Gasteiger partial charge in [-0.3, -0.25) is 5.32 Å². The number of hydrogen-bond donors (Lipinski definition) is 1. The second-order valence-corrected chi connectivity index (χ2v) is 7.05. The van der Waals surface area contributed by atoms with Crippen LogP contribution in [0.25, 0.3) is 0 Å². The largest absolute Gasteiger partial charge is 0.438 e. The van der Waals surface area contributed by atoms with Gasteiger partial charge in [0.1, 0.15) is 16.8 Å². The van der Waals surface area contributed by atoms with Crippen LogP contribution < -0.4 is 5.32 Å². The quantitative estimate of drug-likeness (QED) is 0.785. The number of anilines is 1. The van der Waals surface area contributed by atoms with Crippen molar-refractivity contribution in [2.24, 2.45) is 0 Å². The first-order valence-corrected chi connectivity index (χ1v) is 8.68. The summed E-state index contributed by atoms with van der Waals surface area (Å²) in [4.78, 5) is 12.0. The molecule has 1 aromatic rings. The molecule has 5 heteroatoms. The first-order valence-electron chi connectivity index (χ1n) is 8.68. The first-order chi connectivity index (χ1) is 12.1. The molecule has 1 fully saturated rings. The van der Waals surface area contributed by atoms with Gasteiger partial charge in [-0.15, -0.1) is 0 Å². The number of halogens is 1. The van der Waals surface area contributed by atoms with Gasteiger partial charge < -0.3 is 4.74 Å². The van der Waals surface area contributed by atoms with Crippen LogP contribution in [0.15, 0.2) is 42.3 Å². The van der Waals surface area contributed by atoms with Gasteiger partial charge in [0.2, 0.25) is 0 Å². The molecule has 1 amide bonds. The van der Waals surface area contributed by atoms with Crippen LogP contribution in [0.1, 0.15) is 49.7 Å². The van der Waals surface area contributed by atoms with Crippen LogP contribution in [0, 0.1) is 11.3 Å². The highest BCUT2D eigenvalue weighted by Crippen LogP contribution is 2.48. The molecule has 1 aliphatic heterocycles. The molecule has 4 rings (SSSR count). The van der Waals surface area contributed by atoms with E-state index in [1.165, 1.54) is 12.2 Å². The summed E-state index contributed by atoms with van der Waals surface area (Å²) >= 11 is 0. The van der Waals surface area contributed by atoms with Crippen molar-refractivity contribution in [2.75, 3.05) is 5.32 Å². The van der Waals surface area contributed by atoms with E-state index in [1.807, 2.05) is 12.1 Å². The van der Waals surface area contributed by atoms with Crippen molar-refractivity contribution < 1.29 is 13.9 Å². The predicted molar refractivity (Wildman–Crippen MR) is 91.5 cm³/mol. The average Bonchev–Trinajstić information content (AvgIpc) is 2.62. The van der Waals surface area contributed by atoms with Crippen LogP contribution in [0.2, 0.25) is 0 Å². The van der Waals surface area contributed by atoms with Gasteiger partial charge in [0.15, 0.2) is 0 Å². The monoisotopic (exact) mass is 338 g/mol. The van der Waals surface area contributed by atoms with Crippen molar-refractivity contribution in [3.63, 3.8) is 0 Å². The number of nitriles is 1. The Hall–Kier alpha value is -2.61. The highest BCUT2D eigenvalue weighted by molar-refractivity contribution is 5.89. The molecule has 25 heavy (non-hydrogen) atoms. The summed E-state index contributed by atoms with van der Waals surface area (Å²) in [6, 6.07) is 7.81. The molecule has 0 saturated heterocycles. The van der Waals surface area contributed by atoms with E-state index in [-0.39, 0.29) is 0 Å². The number of amides is 1. The minimum Gasteiger partial charge on any atom is -0.438 e. The third kappa shape index (κ3) is 2.53. The Labute approximate surface area is 146 Å². The highest BCUT2D eigenvalue weighted by atomic mass is 19.1. The molecule has 0 radical (unpaired) electrons. The van der Waals surface area contributed by atoms with Gasteiger partial charge in [-0.1, -0.05) is 18.6 Å². The molecule has 1 unspecified atom stereocenters. The van der Waals surface area contributed by atoms with Crippen molar-refractivity contribution in [1.82, 2.24) is 0 Å². The average molecular weight is 338 g/mol. The fraction of sp³-hybridized carbons (Fsp3) is 0.400. The topological polar surface area (TPSA) is 62.1 Å². The van der Waals surface area contributed by atoms with Crippen molar-refractivity contribution in [3.8, 4) is 6.07 Å². The maximum Gasteiger partial charge on any atom is 0.412 e. The van der Waals surface area contributed by atoms with Crippen molar-refractivity contribution >= 4 is 11.8 Å². The van der Waals surface area contributed by atoms with Gasteiger partial charge in [-0.05, 0) is 62.0 Å². The van der Waals surface area contributed by atoms with E-state index >= 15 is 0 Å². The SMILES string of the molecule is N#CC1(c2ccc3c(c2)C2(CCCCC2)OC(=O)N3)C=C(F)C=CC1. The Balaban J connectivity index is 1.84. The Morgan fingerprint density at radius 2 is 2.04 bits per heavy atom. The van der Waals surface area contributed by atoms with Gasteiger partial charge >= 0.3 is 6.09 Å². The molecule has 128 valence electrons. The minimum absolute atomic E-state index is 0.401. The summed E-state index contributed by atoms with van der Waals surface area (Å²) in [5.41, 5.74) is 0.714. The maximum absolute atomic E-state index is 13.8. The van der Waals surface area contributed by atoms with Gasteiger partial charge in [-0.25, -0.2) is 9.18 Å². The molecule has 4 nitrogen and oxygen atoms in total. The molecule has 1 atom stereocenters. The zero-order valence-corrected chi connectivity index (χ0v) is 13.8. The van der Waals surface area contributed by atoms with Gasteiger partial charge in [-0.2, -0.15) is 5.26 Å². The number of nitrogens with zero attached hydrogens (tertiary/aromatic N) is 1. The summed E-state index contributed by atoms with van der Waals surface area (Å²) in [6.45, 7) is 0. The summed E-state index contributed by atoms with van der Waals surface area (Å²) in [7, 11) is 0. The Morgan fingerprint density at radius 3 is 2.76 bits per heavy atom. The number of carbonyl (C=O) groups is 1. The highest BCUT2D eigenvalue weighted by Gasteiger charge is 2.44. The van der Waals surface area contributed by atoms with E-state index in [0.717, 1.165) is 48.9 Å². The van der Waals surface area contributed by atoms with Crippen LogP contribution >= 0.6 is 0 Å². The lowest BCUT2D eigenvalue weighted by Crippen LogP contribution is -2.41. The normalized spacial score (nSPS) is 26.9. The number of hydrogen-bond acceptors (Lipinski definition) is 3. The molecule has 1 saturated carbocycles. The summed E-state index contributed by atoms with van der Waals surface area (Å²) in [5.74, 6) is -0.401. The van der Waals surface area contributed by atoms with E-state index in [2.05, 4.69) is 11.4 Å². The Bertz CT molecular complexity index is 831. The molecular weight excluding hydrogens is 319 g/mol. The molecule has 1 spiro atoms. The number of carbonyl (C=O) groups excluding carboxylic acids is 1. The maximum atomic E-state index is 13.8. The summed E-state index contributed by atoms with van der Waals surface area (Å²) < 4.78 is 19.6. The van der Waals surface area contributed by atoms with Crippen LogP contribution in [-0.4, -0.2) is 6.09 Å². The number of rotatable bonds is 1. The van der Waals surface area contributed by atoms with Crippen LogP contribution in [-0.2, 0) is 15.8 Å². The lowest BCUT2D eigenvalue weighted by atomic mass is 9.72. The molecule has 1 aromatic carbocycles. The summed E-state index contributed by atoms with van der Waals surface area (Å²) in [5, 5.41) is 12.5. The number of nitrogens with one attached hydrogen (secondary N) is 1. The van der Waals surface area contributed by atoms with Gasteiger partial charge in [0.05, 0.1) is 11.8 Å². The second-order valence-electron chi connectivity index (χ2n) is 7.05. The number of fused-ring (bicyclic) bond motifs is 2. The number of allylic oxidation sites excluding steroid dienone is 4. The Kier molecular flexibility index (Phi) is 3.64. The molecule has 2 aliphatic carbocycles. The van der Waals surface area contributed by atoms with Gasteiger partial charge in [0.25, 0.3) is 0 Å². The molecule has 0 bridgehead atoms. The molecule has 1 N–H and O–H groups in total. The van der Waals surface area contributed by atoms with E-state index in [9.17, 15) is 14.4 Å². The van der Waals surface area contributed by atoms with Crippen LogP contribution in [0.5, 0.6) is 0 Å². The fourth-order valence-corrected chi connectivity index (χ4v) is 4.21. The van der Waals surface area contributed by atoms with E-state index in [4.69, 9.17) is 4.74 Å². The Morgan fingerprint density at radius 1 is 1.24 bits per heavy atom. The van der Waals surface area contributed by atoms with Crippen LogP contribution in [0.3, 0.4) is 0 Å². The van der Waals surface area contributed by atoms with E-state index in [1.54, 1.807) is 12.1 Å². The predicted octanol–water partition coefficient (Wildman–Crippen LogP) is 4.98. The van der Waals surface area contributed by atoms with E-state index in [0.29, 0.717) is 6.42 Å². The van der Waals surface area contributed by atoms with Crippen molar-refractivity contribution in [1.29, 1.82) is 5.26 Å². The van der Waals surface area contributed by atoms with Crippen LogP contribution in [0.4, 0.5) is 14.9 Å². The number of benzene rings is 1. The standard InChI is InChI=1S/C20H19FN2O2/c21-15-5-4-8-19(12-15,13-22)14-6-7-17-16(11-14)20(25-18(24)23-17)9-2-1-3-10-20/h4-7,11-12H,1-3,8-10H2,(H,23,24). The smallest absolute Gasteiger partial charge is 0.412 e. The molecular formula is C20H19FN2O2. The van der Waals surface area contributed by atoms with Gasteiger partial charge in [0, 0.05) is 5.56 Å². The fourth-order valence-electron chi connectivity index (χ4n) is 4.21. The second kappa shape index (κ2) is 5.73. The third-order valence-corrected chi connectivity index (χ3v) is 5.51. The van der Waals surface area contributed by atoms with E-state index < -0.39 is 22.9 Å². The zero-order valence-electron chi connectivity index (χ0n) is 13.8. The third-order valence-electron chi connectivity index (χ3n) is 5.51. The first kappa shape index (κ1) is 15.9. The van der Waals surface area contributed by atoms with Crippen molar-refractivity contribution in [3.05, 3.63) is 53.4 Å². The summed E-state index contributed by atoms with van der Waals surface area (Å²) in [6.07, 6.45) is 9.13. The molecule has 1 heterocycles. The molecule has 3 aliphatic rings. The van der Waals surface area contributed by atoms with Crippen molar-refractivity contribution in [2.45, 2.75) is 49.5 Å². The lowest BCUT2D eigenvalue weighted by Gasteiger charge is -2.41. The zero-order chi connectivity index (χ0) is 17.5.